The van der Waals surface area contributed by atoms with Crippen molar-refractivity contribution in [3.05, 3.63) is 29.8 Å². The Morgan fingerprint density at radius 2 is 1.71 bits per heavy atom. The van der Waals surface area contributed by atoms with Gasteiger partial charge in [0, 0.05) is 12.0 Å². The molecule has 1 unspecified atom stereocenters. The van der Waals surface area contributed by atoms with E-state index >= 15 is 0 Å². The maximum atomic E-state index is 12.2. The number of unbranched alkanes of at least 4 members (excludes halogenated alkanes) is 5. The Balaban J connectivity index is 2.38. The van der Waals surface area contributed by atoms with Crippen LogP contribution in [0.3, 0.4) is 0 Å². The van der Waals surface area contributed by atoms with Gasteiger partial charge < -0.3 is 15.2 Å². The summed E-state index contributed by atoms with van der Waals surface area (Å²) in [7, 11) is 1.56. The molecule has 0 heterocycles. The van der Waals surface area contributed by atoms with Gasteiger partial charge in [0.25, 0.3) is 0 Å². The molecule has 1 aromatic carbocycles. The zero-order chi connectivity index (χ0) is 17.8. The smallest absolute Gasteiger partial charge is 0.321 e. The summed E-state index contributed by atoms with van der Waals surface area (Å²) in [6.45, 7) is 2.80. The van der Waals surface area contributed by atoms with E-state index in [1.54, 1.807) is 31.4 Å². The number of ether oxygens (including phenoxy) is 1. The van der Waals surface area contributed by atoms with Crippen molar-refractivity contribution in [2.75, 3.05) is 13.7 Å². The molecule has 0 saturated heterocycles. The molecule has 0 saturated carbocycles. The van der Waals surface area contributed by atoms with Crippen LogP contribution in [0.25, 0.3) is 0 Å². The number of hydrogen-bond donors (Lipinski definition) is 2. The van der Waals surface area contributed by atoms with Crippen LogP contribution in [0.2, 0.25) is 0 Å². The van der Waals surface area contributed by atoms with Crippen molar-refractivity contribution in [1.82, 2.24) is 5.32 Å². The van der Waals surface area contributed by atoms with Crippen molar-refractivity contribution in [1.29, 1.82) is 0 Å². The van der Waals surface area contributed by atoms with Crippen LogP contribution in [0.4, 0.5) is 0 Å². The van der Waals surface area contributed by atoms with Gasteiger partial charge in [-0.15, -0.1) is 0 Å². The van der Waals surface area contributed by atoms with Crippen LogP contribution in [0.5, 0.6) is 5.75 Å². The first-order valence-corrected chi connectivity index (χ1v) is 8.72. The summed E-state index contributed by atoms with van der Waals surface area (Å²) in [5.74, 6) is -0.495. The maximum Gasteiger partial charge on any atom is 0.321 e. The highest BCUT2D eigenvalue weighted by Crippen LogP contribution is 2.13. The van der Waals surface area contributed by atoms with Crippen molar-refractivity contribution < 1.29 is 19.4 Å². The first-order valence-electron chi connectivity index (χ1n) is 8.72. The highest BCUT2D eigenvalue weighted by molar-refractivity contribution is 5.98. The molecule has 1 aromatic rings. The molecule has 2 N–H and O–H groups in total. The molecule has 5 heteroatoms. The summed E-state index contributed by atoms with van der Waals surface area (Å²) in [4.78, 5) is 23.6. The highest BCUT2D eigenvalue weighted by atomic mass is 16.5. The van der Waals surface area contributed by atoms with Gasteiger partial charge in [-0.3, -0.25) is 9.59 Å². The molecule has 0 aliphatic carbocycles. The van der Waals surface area contributed by atoms with E-state index in [0.717, 1.165) is 12.8 Å². The Kier molecular flexibility index (Phi) is 9.77. The molecule has 0 aliphatic heterocycles. The molecule has 0 spiro atoms. The predicted molar refractivity (Wildman–Crippen MR) is 94.7 cm³/mol. The molecule has 0 bridgehead atoms. The minimum atomic E-state index is -0.983. The molecule has 0 radical (unpaired) electrons. The van der Waals surface area contributed by atoms with Crippen molar-refractivity contribution in [2.24, 2.45) is 0 Å². The van der Waals surface area contributed by atoms with Crippen molar-refractivity contribution in [2.45, 2.75) is 57.9 Å². The van der Waals surface area contributed by atoms with Crippen LogP contribution >= 0.6 is 0 Å². The Hall–Kier alpha value is -1.88. The number of carbonyl (C=O) groups is 2. The quantitative estimate of drug-likeness (QED) is 0.425. The van der Waals surface area contributed by atoms with E-state index in [9.17, 15) is 14.7 Å². The lowest BCUT2D eigenvalue weighted by Crippen LogP contribution is -2.39. The number of Topliss-reactive ketones (excluding diaryl/α,β-unsaturated/α-hetero) is 1. The van der Waals surface area contributed by atoms with E-state index in [1.165, 1.54) is 25.7 Å². The van der Waals surface area contributed by atoms with Crippen LogP contribution < -0.4 is 10.1 Å². The van der Waals surface area contributed by atoms with Crippen LogP contribution in [-0.4, -0.2) is 36.6 Å². The Morgan fingerprint density at radius 1 is 1.08 bits per heavy atom. The van der Waals surface area contributed by atoms with Crippen molar-refractivity contribution in [3.8, 4) is 5.75 Å². The van der Waals surface area contributed by atoms with Gasteiger partial charge >= 0.3 is 5.97 Å². The fraction of sp³-hybridized carbons (Fsp3) is 0.579. The second kappa shape index (κ2) is 11.6. The van der Waals surface area contributed by atoms with Gasteiger partial charge in [0.2, 0.25) is 0 Å². The Bertz CT molecular complexity index is 499. The normalized spacial score (nSPS) is 11.9. The monoisotopic (exact) mass is 335 g/mol. The molecule has 0 fully saturated rings. The van der Waals surface area contributed by atoms with Crippen LogP contribution in [0.15, 0.2) is 24.3 Å². The molecular formula is C19H29NO4. The highest BCUT2D eigenvalue weighted by Gasteiger charge is 2.21. The summed E-state index contributed by atoms with van der Waals surface area (Å²) in [5.41, 5.74) is 0.503. The van der Waals surface area contributed by atoms with E-state index in [-0.39, 0.29) is 12.2 Å². The third kappa shape index (κ3) is 7.59. The number of methoxy groups -OCH3 is 1. The number of carbonyl (C=O) groups excluding carboxylic acids is 1. The molecule has 5 nitrogen and oxygen atoms in total. The van der Waals surface area contributed by atoms with Gasteiger partial charge in [0.1, 0.15) is 11.8 Å². The third-order valence-corrected chi connectivity index (χ3v) is 4.02. The molecule has 0 aromatic heterocycles. The van der Waals surface area contributed by atoms with Gasteiger partial charge in [-0.2, -0.15) is 0 Å². The largest absolute Gasteiger partial charge is 0.497 e. The zero-order valence-electron chi connectivity index (χ0n) is 14.7. The molecule has 24 heavy (non-hydrogen) atoms. The number of benzene rings is 1. The number of carboxylic acids is 1. The number of rotatable bonds is 13. The average Bonchev–Trinajstić information content (AvgIpc) is 2.59. The fourth-order valence-corrected chi connectivity index (χ4v) is 2.51. The Labute approximate surface area is 144 Å². The van der Waals surface area contributed by atoms with Gasteiger partial charge in [-0.1, -0.05) is 39.0 Å². The van der Waals surface area contributed by atoms with Gasteiger partial charge in [0.05, 0.1) is 7.11 Å². The number of aliphatic carboxylic acids is 1. The number of hydrogen-bond acceptors (Lipinski definition) is 4. The summed E-state index contributed by atoms with van der Waals surface area (Å²) in [6.07, 6.45) is 6.86. The van der Waals surface area contributed by atoms with E-state index in [2.05, 4.69) is 12.2 Å². The lowest BCUT2D eigenvalue weighted by molar-refractivity contribution is -0.139. The van der Waals surface area contributed by atoms with Crippen molar-refractivity contribution in [3.63, 3.8) is 0 Å². The van der Waals surface area contributed by atoms with Gasteiger partial charge in [0.15, 0.2) is 5.78 Å². The predicted octanol–water partition coefficient (Wildman–Crippen LogP) is 3.67. The summed E-state index contributed by atoms with van der Waals surface area (Å²) >= 11 is 0. The van der Waals surface area contributed by atoms with E-state index in [0.29, 0.717) is 17.9 Å². The fourth-order valence-electron chi connectivity index (χ4n) is 2.51. The maximum absolute atomic E-state index is 12.2. The second-order valence-corrected chi connectivity index (χ2v) is 5.97. The van der Waals surface area contributed by atoms with Crippen LogP contribution in [0.1, 0.15) is 62.2 Å². The summed E-state index contributed by atoms with van der Waals surface area (Å²) in [6, 6.07) is 5.89. The Morgan fingerprint density at radius 3 is 2.29 bits per heavy atom. The first-order chi connectivity index (χ1) is 11.6. The van der Waals surface area contributed by atoms with Gasteiger partial charge in [-0.05, 0) is 37.2 Å². The molecule has 1 atom stereocenters. The number of ketones is 1. The summed E-state index contributed by atoms with van der Waals surface area (Å²) in [5, 5.41) is 12.3. The number of nitrogens with one attached hydrogen (secondary N) is 1. The van der Waals surface area contributed by atoms with Crippen molar-refractivity contribution >= 4 is 11.8 Å². The van der Waals surface area contributed by atoms with Crippen LogP contribution in [-0.2, 0) is 4.79 Å². The average molecular weight is 335 g/mol. The lowest BCUT2D eigenvalue weighted by Gasteiger charge is -2.14. The standard InChI is InChI=1S/C19H29NO4/c1-3-4-5-6-7-8-13-20-17(19(22)23)14-18(21)15-9-11-16(24-2)12-10-15/h9-12,17,20H,3-8,13-14H2,1-2H3,(H,22,23). The molecule has 0 amide bonds. The molecule has 0 aliphatic rings. The van der Waals surface area contributed by atoms with E-state index < -0.39 is 12.0 Å². The van der Waals surface area contributed by atoms with Crippen LogP contribution in [0, 0.1) is 0 Å². The van der Waals surface area contributed by atoms with E-state index in [4.69, 9.17) is 4.74 Å². The zero-order valence-corrected chi connectivity index (χ0v) is 14.7. The molecular weight excluding hydrogens is 306 g/mol. The number of carboxylic acid groups (broad SMARTS) is 1. The summed E-state index contributed by atoms with van der Waals surface area (Å²) < 4.78 is 5.05. The van der Waals surface area contributed by atoms with E-state index in [1.807, 2.05) is 0 Å². The van der Waals surface area contributed by atoms with Gasteiger partial charge in [-0.25, -0.2) is 0 Å². The minimum absolute atomic E-state index is 0.0441. The third-order valence-electron chi connectivity index (χ3n) is 4.02. The first kappa shape index (κ1) is 20.2. The molecule has 1 rings (SSSR count). The minimum Gasteiger partial charge on any atom is -0.497 e. The second-order valence-electron chi connectivity index (χ2n) is 5.97. The lowest BCUT2D eigenvalue weighted by atomic mass is 10.0. The topological polar surface area (TPSA) is 75.6 Å². The molecule has 134 valence electrons. The SMILES string of the molecule is CCCCCCCCNC(CC(=O)c1ccc(OC)cc1)C(=O)O.